The third kappa shape index (κ3) is 2.68. The van der Waals surface area contributed by atoms with Crippen LogP contribution in [0.5, 0.6) is 0 Å². The van der Waals surface area contributed by atoms with Crippen LogP contribution >= 0.6 is 0 Å². The second-order valence-electron chi connectivity index (χ2n) is 6.88. The zero-order valence-corrected chi connectivity index (χ0v) is 14.2. The Morgan fingerprint density at radius 1 is 1.24 bits per heavy atom. The van der Waals surface area contributed by atoms with Gasteiger partial charge in [0.25, 0.3) is 0 Å². The number of ether oxygens (including phenoxy) is 1. The van der Waals surface area contributed by atoms with Crippen molar-refractivity contribution in [3.05, 3.63) is 18.3 Å². The quantitative estimate of drug-likeness (QED) is 0.783. The van der Waals surface area contributed by atoms with Crippen LogP contribution in [0.25, 0.3) is 22.2 Å². The fourth-order valence-corrected chi connectivity index (χ4v) is 3.44. The average Bonchev–Trinajstić information content (AvgIpc) is 3.44. The summed E-state index contributed by atoms with van der Waals surface area (Å²) in [6, 6.07) is 4.29. The Hall–Kier alpha value is -2.41. The number of rotatable bonds is 4. The van der Waals surface area contributed by atoms with Crippen LogP contribution in [-0.4, -0.2) is 47.3 Å². The third-order valence-corrected chi connectivity index (χ3v) is 5.07. The van der Waals surface area contributed by atoms with Crippen molar-refractivity contribution in [1.29, 1.82) is 0 Å². The average molecular weight is 339 g/mol. The Kier molecular flexibility index (Phi) is 3.48. The molecule has 130 valence electrons. The van der Waals surface area contributed by atoms with Crippen molar-refractivity contribution in [3.63, 3.8) is 0 Å². The molecule has 2 aliphatic rings. The minimum atomic E-state index is 0.381. The summed E-state index contributed by atoms with van der Waals surface area (Å²) in [6.45, 7) is 5.20. The molecule has 2 fully saturated rings. The lowest BCUT2D eigenvalue weighted by Crippen LogP contribution is -2.37. The first kappa shape index (κ1) is 14.9. The van der Waals surface area contributed by atoms with Crippen LogP contribution in [0.2, 0.25) is 0 Å². The van der Waals surface area contributed by atoms with Crippen LogP contribution in [0.1, 0.15) is 19.8 Å². The Morgan fingerprint density at radius 3 is 2.88 bits per heavy atom. The van der Waals surface area contributed by atoms with Gasteiger partial charge in [0, 0.05) is 25.3 Å². The predicted octanol–water partition coefficient (Wildman–Crippen LogP) is 2.82. The molecule has 3 aromatic rings. The predicted molar refractivity (Wildman–Crippen MR) is 95.9 cm³/mol. The molecule has 25 heavy (non-hydrogen) atoms. The van der Waals surface area contributed by atoms with E-state index in [9.17, 15) is 0 Å². The summed E-state index contributed by atoms with van der Waals surface area (Å²) in [5.41, 5.74) is 2.14. The second-order valence-corrected chi connectivity index (χ2v) is 6.88. The summed E-state index contributed by atoms with van der Waals surface area (Å²) >= 11 is 0. The van der Waals surface area contributed by atoms with E-state index in [2.05, 4.69) is 22.1 Å². The van der Waals surface area contributed by atoms with Crippen LogP contribution < -0.4 is 10.2 Å². The Labute approximate surface area is 145 Å². The molecule has 7 heteroatoms. The smallest absolute Gasteiger partial charge is 0.229 e. The number of anilines is 2. The van der Waals surface area contributed by atoms with E-state index in [-0.39, 0.29) is 0 Å². The van der Waals surface area contributed by atoms with Gasteiger partial charge in [0.2, 0.25) is 11.7 Å². The van der Waals surface area contributed by atoms with Crippen LogP contribution in [-0.2, 0) is 4.74 Å². The highest BCUT2D eigenvalue weighted by Crippen LogP contribution is 2.36. The number of morpholine rings is 1. The van der Waals surface area contributed by atoms with Crippen LogP contribution in [0.15, 0.2) is 22.7 Å². The van der Waals surface area contributed by atoms with Gasteiger partial charge in [-0.05, 0) is 37.8 Å². The van der Waals surface area contributed by atoms with Crippen molar-refractivity contribution in [2.45, 2.75) is 25.8 Å². The van der Waals surface area contributed by atoms with Crippen molar-refractivity contribution < 1.29 is 9.15 Å². The molecule has 0 amide bonds. The topological polar surface area (TPSA) is 76.3 Å². The Morgan fingerprint density at radius 2 is 2.08 bits per heavy atom. The highest BCUT2D eigenvalue weighted by atomic mass is 16.5. The van der Waals surface area contributed by atoms with E-state index in [0.717, 1.165) is 35.7 Å². The number of nitrogens with zero attached hydrogens (tertiary/aromatic N) is 4. The van der Waals surface area contributed by atoms with Crippen molar-refractivity contribution in [3.8, 4) is 0 Å². The van der Waals surface area contributed by atoms with Gasteiger partial charge >= 0.3 is 0 Å². The number of fused-ring (bicyclic) bond motifs is 3. The summed E-state index contributed by atoms with van der Waals surface area (Å²) in [7, 11) is 0. The Bertz CT molecular complexity index is 914. The fourth-order valence-electron chi connectivity index (χ4n) is 3.44. The molecule has 1 N–H and O–H groups in total. The van der Waals surface area contributed by atoms with E-state index in [1.807, 2.05) is 12.1 Å². The molecule has 0 unspecified atom stereocenters. The Balaban J connectivity index is 1.65. The summed E-state index contributed by atoms with van der Waals surface area (Å²) < 4.78 is 11.5. The van der Waals surface area contributed by atoms with E-state index >= 15 is 0 Å². The normalized spacial score (nSPS) is 19.5. The van der Waals surface area contributed by atoms with Gasteiger partial charge in [-0.25, -0.2) is 9.97 Å². The standard InChI is InChI=1S/C18H21N5O2/c1-11(12-4-5-12)20-18-21-14-13-3-2-6-19-17(13)25-15(14)16(22-18)23-7-9-24-10-8-23/h2-3,6,11-12H,4-5,7-10H2,1H3,(H,20,21,22)/t11-/m0/s1. The van der Waals surface area contributed by atoms with Gasteiger partial charge in [0.1, 0.15) is 5.52 Å². The number of hydrogen-bond donors (Lipinski definition) is 1. The van der Waals surface area contributed by atoms with E-state index in [4.69, 9.17) is 19.1 Å². The molecular weight excluding hydrogens is 318 g/mol. The van der Waals surface area contributed by atoms with Crippen LogP contribution in [0, 0.1) is 5.92 Å². The molecule has 0 radical (unpaired) electrons. The van der Waals surface area contributed by atoms with Crippen molar-refractivity contribution >= 4 is 34.0 Å². The molecule has 0 aromatic carbocycles. The summed E-state index contributed by atoms with van der Waals surface area (Å²) in [5, 5.41) is 4.42. The summed E-state index contributed by atoms with van der Waals surface area (Å²) in [4.78, 5) is 16.1. The zero-order chi connectivity index (χ0) is 16.8. The van der Waals surface area contributed by atoms with E-state index in [0.29, 0.717) is 36.5 Å². The number of pyridine rings is 1. The maximum Gasteiger partial charge on any atom is 0.229 e. The molecule has 4 heterocycles. The van der Waals surface area contributed by atoms with Gasteiger partial charge in [-0.3, -0.25) is 0 Å². The van der Waals surface area contributed by atoms with E-state index < -0.39 is 0 Å². The molecule has 7 nitrogen and oxygen atoms in total. The van der Waals surface area contributed by atoms with Crippen molar-refractivity contribution in [2.75, 3.05) is 36.5 Å². The minimum Gasteiger partial charge on any atom is -0.432 e. The lowest BCUT2D eigenvalue weighted by molar-refractivity contribution is 0.122. The first-order valence-corrected chi connectivity index (χ1v) is 8.94. The van der Waals surface area contributed by atoms with Gasteiger partial charge in [-0.1, -0.05) is 0 Å². The maximum atomic E-state index is 6.01. The van der Waals surface area contributed by atoms with Gasteiger partial charge < -0.3 is 19.4 Å². The van der Waals surface area contributed by atoms with Crippen molar-refractivity contribution in [2.24, 2.45) is 5.92 Å². The third-order valence-electron chi connectivity index (χ3n) is 5.07. The maximum absolute atomic E-state index is 6.01. The molecule has 0 spiro atoms. The summed E-state index contributed by atoms with van der Waals surface area (Å²) in [5.74, 6) is 2.23. The van der Waals surface area contributed by atoms with E-state index in [1.54, 1.807) is 6.20 Å². The molecule has 1 aliphatic heterocycles. The summed E-state index contributed by atoms with van der Waals surface area (Å²) in [6.07, 6.45) is 4.30. The number of furan rings is 1. The van der Waals surface area contributed by atoms with Gasteiger partial charge in [0.15, 0.2) is 11.4 Å². The molecule has 1 aliphatic carbocycles. The second kappa shape index (κ2) is 5.84. The van der Waals surface area contributed by atoms with Crippen LogP contribution in [0.4, 0.5) is 11.8 Å². The highest BCUT2D eigenvalue weighted by molar-refractivity contribution is 6.05. The minimum absolute atomic E-state index is 0.381. The molecule has 0 bridgehead atoms. The molecule has 1 saturated carbocycles. The van der Waals surface area contributed by atoms with Crippen molar-refractivity contribution in [1.82, 2.24) is 15.0 Å². The lowest BCUT2D eigenvalue weighted by Gasteiger charge is -2.28. The van der Waals surface area contributed by atoms with Crippen LogP contribution in [0.3, 0.4) is 0 Å². The number of hydrogen-bond acceptors (Lipinski definition) is 7. The first-order chi connectivity index (χ1) is 12.3. The monoisotopic (exact) mass is 339 g/mol. The highest BCUT2D eigenvalue weighted by Gasteiger charge is 2.29. The first-order valence-electron chi connectivity index (χ1n) is 8.94. The molecular formula is C18H21N5O2. The van der Waals surface area contributed by atoms with Gasteiger partial charge in [-0.15, -0.1) is 0 Å². The molecule has 5 rings (SSSR count). The lowest BCUT2D eigenvalue weighted by atomic mass is 10.2. The SMILES string of the molecule is C[C@H](Nc1nc(N2CCOCC2)c2oc3ncccc3c2n1)C1CC1. The van der Waals surface area contributed by atoms with Gasteiger partial charge in [-0.2, -0.15) is 4.98 Å². The molecule has 1 atom stereocenters. The number of nitrogens with one attached hydrogen (secondary N) is 1. The molecule has 3 aromatic heterocycles. The fraction of sp³-hybridized carbons (Fsp3) is 0.500. The molecule has 1 saturated heterocycles. The largest absolute Gasteiger partial charge is 0.432 e. The zero-order valence-electron chi connectivity index (χ0n) is 14.2. The van der Waals surface area contributed by atoms with E-state index in [1.165, 1.54) is 12.8 Å². The number of aromatic nitrogens is 3. The van der Waals surface area contributed by atoms with Gasteiger partial charge in [0.05, 0.1) is 18.6 Å².